The molecule has 1 atom stereocenters. The Kier molecular flexibility index (Phi) is 8.21. The second kappa shape index (κ2) is 11.6. The number of hydrogen-bond acceptors (Lipinski definition) is 5. The molecule has 1 heterocycles. The number of carboxylic acids is 1. The molecule has 0 aliphatic heterocycles. The van der Waals surface area contributed by atoms with E-state index in [9.17, 15) is 24.3 Å². The van der Waals surface area contributed by atoms with Gasteiger partial charge in [0.05, 0.1) is 27.2 Å². The topological polar surface area (TPSA) is 122 Å². The molecule has 39 heavy (non-hydrogen) atoms. The van der Waals surface area contributed by atoms with Gasteiger partial charge in [0.15, 0.2) is 0 Å². The van der Waals surface area contributed by atoms with Gasteiger partial charge in [0.2, 0.25) is 0 Å². The second-order valence-corrected chi connectivity index (χ2v) is 9.71. The van der Waals surface area contributed by atoms with Gasteiger partial charge in [0, 0.05) is 25.7 Å². The first kappa shape index (κ1) is 27.7. The van der Waals surface area contributed by atoms with Gasteiger partial charge in [-0.15, -0.1) is 0 Å². The molecule has 4 rings (SSSR count). The minimum absolute atomic E-state index is 0.0120. The van der Waals surface area contributed by atoms with E-state index in [1.54, 1.807) is 68.6 Å². The summed E-state index contributed by atoms with van der Waals surface area (Å²) in [6, 6.07) is 15.5. The van der Waals surface area contributed by atoms with Crippen molar-refractivity contribution < 1.29 is 14.7 Å². The molecule has 3 aromatic carbocycles. The van der Waals surface area contributed by atoms with Gasteiger partial charge in [0.25, 0.3) is 11.5 Å². The minimum atomic E-state index is -1.22. The number of aryl methyl sites for hydroxylation is 2. The summed E-state index contributed by atoms with van der Waals surface area (Å²) in [6.07, 6.45) is 0.913. The Bertz CT molecular complexity index is 1650. The summed E-state index contributed by atoms with van der Waals surface area (Å²) in [5.41, 5.74) is 2.15. The largest absolute Gasteiger partial charge is 0.480 e. The standard InChI is InChI=1S/C29H29ClN4O5/c1-4-14-31-19-10-13-24-21(16-19)27(36)34(29(39)33(24)3)20-11-8-18(9-12-20)15-23(28(37)38)32-26(35)25-17(2)6-5-7-22(25)30/h5-13,16,23,31H,4,14-15H2,1-3H3,(H,32,35)(H,37,38)/t23-/m0/s1. The van der Waals surface area contributed by atoms with Crippen LogP contribution in [0.2, 0.25) is 5.02 Å². The lowest BCUT2D eigenvalue weighted by Gasteiger charge is -2.17. The van der Waals surface area contributed by atoms with Crippen LogP contribution in [0.1, 0.15) is 34.8 Å². The summed E-state index contributed by atoms with van der Waals surface area (Å²) in [6.45, 7) is 4.51. The SMILES string of the molecule is CCCNc1ccc2c(c1)c(=O)n(-c1ccc(C[C@H](NC(=O)c3c(C)cccc3Cl)C(=O)O)cc1)c(=O)n2C. The molecule has 1 amide bonds. The molecule has 0 spiro atoms. The van der Waals surface area contributed by atoms with Gasteiger partial charge in [-0.1, -0.05) is 42.8 Å². The Morgan fingerprint density at radius 2 is 1.77 bits per heavy atom. The average Bonchev–Trinajstić information content (AvgIpc) is 2.91. The van der Waals surface area contributed by atoms with Crippen LogP contribution >= 0.6 is 11.6 Å². The predicted octanol–water partition coefficient (Wildman–Crippen LogP) is 3.90. The van der Waals surface area contributed by atoms with Crippen LogP contribution in [0.5, 0.6) is 0 Å². The monoisotopic (exact) mass is 548 g/mol. The smallest absolute Gasteiger partial charge is 0.335 e. The number of hydrogen-bond donors (Lipinski definition) is 3. The van der Waals surface area contributed by atoms with Crippen molar-refractivity contribution in [3.05, 3.63) is 103 Å². The highest BCUT2D eigenvalue weighted by molar-refractivity contribution is 6.34. The molecule has 0 saturated heterocycles. The van der Waals surface area contributed by atoms with Gasteiger partial charge in [-0.25, -0.2) is 14.2 Å². The van der Waals surface area contributed by atoms with Crippen molar-refractivity contribution >= 4 is 40.1 Å². The predicted molar refractivity (Wildman–Crippen MR) is 152 cm³/mol. The van der Waals surface area contributed by atoms with Gasteiger partial charge in [0.1, 0.15) is 6.04 Å². The number of rotatable bonds is 9. The van der Waals surface area contributed by atoms with Crippen molar-refractivity contribution in [1.29, 1.82) is 0 Å². The first-order valence-corrected chi connectivity index (χ1v) is 12.9. The molecule has 0 aliphatic rings. The molecule has 0 radical (unpaired) electrons. The highest BCUT2D eigenvalue weighted by Crippen LogP contribution is 2.20. The number of halogens is 1. The van der Waals surface area contributed by atoms with Crippen molar-refractivity contribution in [3.63, 3.8) is 0 Å². The van der Waals surface area contributed by atoms with Crippen LogP contribution < -0.4 is 21.9 Å². The minimum Gasteiger partial charge on any atom is -0.480 e. The number of aliphatic carboxylic acids is 1. The Morgan fingerprint density at radius 3 is 2.41 bits per heavy atom. The number of carbonyl (C=O) groups excluding carboxylic acids is 1. The maximum Gasteiger partial charge on any atom is 0.335 e. The van der Waals surface area contributed by atoms with E-state index in [4.69, 9.17) is 11.6 Å². The fraction of sp³-hybridized carbons (Fsp3) is 0.241. The fourth-order valence-corrected chi connectivity index (χ4v) is 4.74. The lowest BCUT2D eigenvalue weighted by molar-refractivity contribution is -0.139. The van der Waals surface area contributed by atoms with E-state index in [-0.39, 0.29) is 17.0 Å². The van der Waals surface area contributed by atoms with E-state index >= 15 is 0 Å². The summed E-state index contributed by atoms with van der Waals surface area (Å²) in [4.78, 5) is 51.2. The third-order valence-electron chi connectivity index (χ3n) is 6.54. The highest BCUT2D eigenvalue weighted by atomic mass is 35.5. The van der Waals surface area contributed by atoms with Crippen molar-refractivity contribution in [2.45, 2.75) is 32.7 Å². The third kappa shape index (κ3) is 5.73. The second-order valence-electron chi connectivity index (χ2n) is 9.31. The third-order valence-corrected chi connectivity index (χ3v) is 6.85. The van der Waals surface area contributed by atoms with Crippen molar-refractivity contribution in [2.24, 2.45) is 7.05 Å². The van der Waals surface area contributed by atoms with E-state index in [1.807, 2.05) is 13.0 Å². The Balaban J connectivity index is 1.62. The average molecular weight is 549 g/mol. The van der Waals surface area contributed by atoms with Crippen LogP contribution in [0.3, 0.4) is 0 Å². The van der Waals surface area contributed by atoms with Crippen LogP contribution in [0, 0.1) is 6.92 Å². The first-order chi connectivity index (χ1) is 18.6. The van der Waals surface area contributed by atoms with Crippen LogP contribution in [-0.4, -0.2) is 38.7 Å². The molecule has 202 valence electrons. The molecular weight excluding hydrogens is 520 g/mol. The van der Waals surface area contributed by atoms with Crippen LogP contribution in [-0.2, 0) is 18.3 Å². The summed E-state index contributed by atoms with van der Waals surface area (Å²) in [5, 5.41) is 16.2. The van der Waals surface area contributed by atoms with Crippen LogP contribution in [0.25, 0.3) is 16.6 Å². The van der Waals surface area contributed by atoms with E-state index in [2.05, 4.69) is 10.6 Å². The molecule has 10 heteroatoms. The quantitative estimate of drug-likeness (QED) is 0.291. The van der Waals surface area contributed by atoms with Crippen LogP contribution in [0.15, 0.2) is 70.3 Å². The van der Waals surface area contributed by atoms with Gasteiger partial charge >= 0.3 is 11.7 Å². The number of anilines is 1. The number of carbonyl (C=O) groups is 2. The zero-order valence-corrected chi connectivity index (χ0v) is 22.6. The van der Waals surface area contributed by atoms with E-state index in [0.717, 1.165) is 23.2 Å². The van der Waals surface area contributed by atoms with E-state index < -0.39 is 29.2 Å². The Hall–Kier alpha value is -4.37. The lowest BCUT2D eigenvalue weighted by Crippen LogP contribution is -2.42. The molecule has 3 N–H and O–H groups in total. The van der Waals surface area contributed by atoms with Gasteiger partial charge in [-0.2, -0.15) is 0 Å². The number of fused-ring (bicyclic) bond motifs is 1. The van der Waals surface area contributed by atoms with Crippen molar-refractivity contribution in [2.75, 3.05) is 11.9 Å². The number of amides is 1. The lowest BCUT2D eigenvalue weighted by atomic mass is 10.0. The number of nitrogens with zero attached hydrogens (tertiary/aromatic N) is 2. The number of nitrogens with one attached hydrogen (secondary N) is 2. The maximum absolute atomic E-state index is 13.4. The van der Waals surface area contributed by atoms with Crippen LogP contribution in [0.4, 0.5) is 5.69 Å². The number of carboxylic acid groups (broad SMARTS) is 1. The zero-order chi connectivity index (χ0) is 28.3. The first-order valence-electron chi connectivity index (χ1n) is 12.5. The fourth-order valence-electron chi connectivity index (χ4n) is 4.43. The molecule has 0 unspecified atom stereocenters. The molecule has 0 saturated carbocycles. The summed E-state index contributed by atoms with van der Waals surface area (Å²) < 4.78 is 2.51. The molecule has 9 nitrogen and oxygen atoms in total. The van der Waals surface area contributed by atoms with Gasteiger partial charge in [-0.3, -0.25) is 14.2 Å². The van der Waals surface area contributed by atoms with Crippen molar-refractivity contribution in [3.8, 4) is 5.69 Å². The molecule has 0 aliphatic carbocycles. The molecule has 1 aromatic heterocycles. The van der Waals surface area contributed by atoms with Gasteiger partial charge in [-0.05, 0) is 60.9 Å². The summed E-state index contributed by atoms with van der Waals surface area (Å²) >= 11 is 6.16. The van der Waals surface area contributed by atoms with E-state index in [1.165, 1.54) is 4.57 Å². The van der Waals surface area contributed by atoms with Crippen molar-refractivity contribution in [1.82, 2.24) is 14.5 Å². The number of aromatic nitrogens is 2. The normalized spacial score (nSPS) is 11.8. The highest BCUT2D eigenvalue weighted by Gasteiger charge is 2.23. The molecular formula is C29H29ClN4O5. The van der Waals surface area contributed by atoms with E-state index in [0.29, 0.717) is 27.7 Å². The molecule has 0 bridgehead atoms. The maximum atomic E-state index is 13.4. The zero-order valence-electron chi connectivity index (χ0n) is 21.8. The Labute approximate surface area is 229 Å². The van der Waals surface area contributed by atoms with Gasteiger partial charge < -0.3 is 15.7 Å². The Morgan fingerprint density at radius 1 is 1.05 bits per heavy atom. The molecule has 4 aromatic rings. The molecule has 0 fully saturated rings. The number of benzene rings is 3. The summed E-state index contributed by atoms with van der Waals surface area (Å²) in [7, 11) is 1.61. The summed E-state index contributed by atoms with van der Waals surface area (Å²) in [5.74, 6) is -1.79.